The topological polar surface area (TPSA) is 38.9 Å². The van der Waals surface area contributed by atoms with E-state index in [0.29, 0.717) is 0 Å². The van der Waals surface area contributed by atoms with Gasteiger partial charge >= 0.3 is 0 Å². The molecular weight excluding hydrogens is 252 g/mol. The minimum absolute atomic E-state index is 0.0513. The lowest BCUT2D eigenvalue weighted by molar-refractivity contribution is 0.674. The lowest BCUT2D eigenvalue weighted by Crippen LogP contribution is -2.10. The Balaban J connectivity index is 1.99. The van der Waals surface area contributed by atoms with Crippen LogP contribution in [0.5, 0.6) is 0 Å². The lowest BCUT2D eigenvalue weighted by Gasteiger charge is -2.09. The van der Waals surface area contributed by atoms with E-state index in [4.69, 9.17) is 5.73 Å². The van der Waals surface area contributed by atoms with E-state index in [1.807, 2.05) is 24.0 Å². The van der Waals surface area contributed by atoms with Crippen LogP contribution in [0.4, 0.5) is 0 Å². The third-order valence-electron chi connectivity index (χ3n) is 3.23. The molecule has 0 aliphatic heterocycles. The number of aryl methyl sites for hydroxylation is 1. The fourth-order valence-electron chi connectivity index (χ4n) is 1.84. The average Bonchev–Trinajstić information content (AvgIpc) is 2.46. The van der Waals surface area contributed by atoms with Gasteiger partial charge in [0.2, 0.25) is 0 Å². The summed E-state index contributed by atoms with van der Waals surface area (Å²) in [4.78, 5) is 5.63. The number of thioether (sulfide) groups is 1. The Morgan fingerprint density at radius 1 is 1.21 bits per heavy atom. The third kappa shape index (κ3) is 3.82. The normalized spacial score (nSPS) is 12.4. The number of hydrogen-bond acceptors (Lipinski definition) is 3. The van der Waals surface area contributed by atoms with Crippen LogP contribution in [0.1, 0.15) is 36.2 Å². The van der Waals surface area contributed by atoms with Crippen molar-refractivity contribution in [1.82, 2.24) is 4.98 Å². The molecule has 1 unspecified atom stereocenters. The Morgan fingerprint density at radius 3 is 2.63 bits per heavy atom. The van der Waals surface area contributed by atoms with Crippen molar-refractivity contribution in [1.29, 1.82) is 0 Å². The van der Waals surface area contributed by atoms with Gasteiger partial charge in [0.05, 0.1) is 5.69 Å². The zero-order valence-electron chi connectivity index (χ0n) is 11.5. The fourth-order valence-corrected chi connectivity index (χ4v) is 2.78. The van der Waals surface area contributed by atoms with Crippen molar-refractivity contribution < 1.29 is 0 Å². The van der Waals surface area contributed by atoms with Gasteiger partial charge < -0.3 is 5.73 Å². The molecule has 0 bridgehead atoms. The zero-order valence-corrected chi connectivity index (χ0v) is 12.3. The molecule has 19 heavy (non-hydrogen) atoms. The molecule has 2 nitrogen and oxygen atoms in total. The number of pyridine rings is 1. The molecule has 0 aliphatic rings. The maximum absolute atomic E-state index is 5.96. The van der Waals surface area contributed by atoms with Crippen molar-refractivity contribution >= 4 is 11.8 Å². The number of nitrogens with zero attached hydrogens (tertiary/aromatic N) is 1. The minimum atomic E-state index is 0.0513. The van der Waals surface area contributed by atoms with Crippen molar-refractivity contribution in [2.45, 2.75) is 37.0 Å². The van der Waals surface area contributed by atoms with E-state index in [-0.39, 0.29) is 6.04 Å². The molecule has 0 spiro atoms. The van der Waals surface area contributed by atoms with E-state index in [1.165, 1.54) is 16.0 Å². The highest BCUT2D eigenvalue weighted by atomic mass is 32.2. The van der Waals surface area contributed by atoms with Gasteiger partial charge in [-0.15, -0.1) is 11.8 Å². The van der Waals surface area contributed by atoms with Crippen molar-refractivity contribution in [3.05, 3.63) is 59.4 Å². The summed E-state index contributed by atoms with van der Waals surface area (Å²) >= 11 is 1.81. The third-order valence-corrected chi connectivity index (χ3v) is 4.26. The molecule has 1 aromatic heterocycles. The Hall–Kier alpha value is -1.32. The molecular formula is C16H20N2S. The van der Waals surface area contributed by atoms with Gasteiger partial charge in [-0.1, -0.05) is 31.2 Å². The second-order valence-electron chi connectivity index (χ2n) is 4.65. The molecule has 0 amide bonds. The maximum atomic E-state index is 5.96. The van der Waals surface area contributed by atoms with Gasteiger partial charge in [-0.25, -0.2) is 0 Å². The molecule has 2 N–H and O–H groups in total. The Morgan fingerprint density at radius 2 is 2.00 bits per heavy atom. The van der Waals surface area contributed by atoms with Gasteiger partial charge in [0.15, 0.2) is 0 Å². The summed E-state index contributed by atoms with van der Waals surface area (Å²) in [5, 5.41) is 0. The summed E-state index contributed by atoms with van der Waals surface area (Å²) in [5.74, 6) is 0.980. The highest BCUT2D eigenvalue weighted by Crippen LogP contribution is 2.24. The van der Waals surface area contributed by atoms with Crippen LogP contribution in [-0.2, 0) is 5.75 Å². The van der Waals surface area contributed by atoms with Gasteiger partial charge in [-0.2, -0.15) is 0 Å². The second kappa shape index (κ2) is 6.73. The van der Waals surface area contributed by atoms with Crippen molar-refractivity contribution in [2.24, 2.45) is 5.73 Å². The molecule has 2 rings (SSSR count). The van der Waals surface area contributed by atoms with Crippen LogP contribution in [-0.4, -0.2) is 4.98 Å². The first-order chi connectivity index (χ1) is 9.20. The van der Waals surface area contributed by atoms with Gasteiger partial charge in [0, 0.05) is 22.9 Å². The van der Waals surface area contributed by atoms with Crippen molar-refractivity contribution in [3.63, 3.8) is 0 Å². The molecule has 0 aliphatic carbocycles. The average molecular weight is 272 g/mol. The van der Waals surface area contributed by atoms with Crippen LogP contribution in [0.15, 0.2) is 47.5 Å². The Labute approximate surface area is 119 Å². The second-order valence-corrected chi connectivity index (χ2v) is 5.70. The number of nitrogens with two attached hydrogens (primary N) is 1. The van der Waals surface area contributed by atoms with Gasteiger partial charge in [-0.3, -0.25) is 4.98 Å². The first-order valence-corrected chi connectivity index (χ1v) is 7.58. The van der Waals surface area contributed by atoms with Crippen LogP contribution in [0.25, 0.3) is 0 Å². The van der Waals surface area contributed by atoms with Crippen molar-refractivity contribution in [2.75, 3.05) is 0 Å². The summed E-state index contributed by atoms with van der Waals surface area (Å²) < 4.78 is 0. The van der Waals surface area contributed by atoms with Crippen LogP contribution < -0.4 is 5.73 Å². The van der Waals surface area contributed by atoms with E-state index in [1.54, 1.807) is 0 Å². The zero-order chi connectivity index (χ0) is 13.7. The quantitative estimate of drug-likeness (QED) is 0.833. The SMILES string of the molecule is CCC(N)c1ccc(SCc2ccccc2C)cn1. The molecule has 100 valence electrons. The summed E-state index contributed by atoms with van der Waals surface area (Å²) in [7, 11) is 0. The smallest absolute Gasteiger partial charge is 0.0571 e. The Bertz CT molecular complexity index is 523. The van der Waals surface area contributed by atoms with Gasteiger partial charge in [-0.05, 0) is 36.6 Å². The van der Waals surface area contributed by atoms with Gasteiger partial charge in [0.1, 0.15) is 0 Å². The predicted octanol–water partition coefficient (Wildman–Crippen LogP) is 4.09. The van der Waals surface area contributed by atoms with Crippen LogP contribution >= 0.6 is 11.8 Å². The van der Waals surface area contributed by atoms with E-state index >= 15 is 0 Å². The maximum Gasteiger partial charge on any atom is 0.0571 e. The highest BCUT2D eigenvalue weighted by molar-refractivity contribution is 7.98. The van der Waals surface area contributed by atoms with Crippen molar-refractivity contribution in [3.8, 4) is 0 Å². The first kappa shape index (κ1) is 14.1. The Kier molecular flexibility index (Phi) is 5.00. The van der Waals surface area contributed by atoms with E-state index in [2.05, 4.69) is 49.2 Å². The summed E-state index contributed by atoms with van der Waals surface area (Å²) in [6.07, 6.45) is 2.84. The molecule has 1 aromatic carbocycles. The standard InChI is InChI=1S/C16H20N2S/c1-3-15(17)16-9-8-14(10-18-16)19-11-13-7-5-4-6-12(13)2/h4-10,15H,3,11,17H2,1-2H3. The van der Waals surface area contributed by atoms with Gasteiger partial charge in [0.25, 0.3) is 0 Å². The monoisotopic (exact) mass is 272 g/mol. The largest absolute Gasteiger partial charge is 0.323 e. The molecule has 2 aromatic rings. The van der Waals surface area contributed by atoms with E-state index < -0.39 is 0 Å². The van der Waals surface area contributed by atoms with Crippen LogP contribution in [0.2, 0.25) is 0 Å². The number of rotatable bonds is 5. The molecule has 0 saturated carbocycles. The van der Waals surface area contributed by atoms with Crippen LogP contribution in [0, 0.1) is 6.92 Å². The van der Waals surface area contributed by atoms with E-state index in [9.17, 15) is 0 Å². The first-order valence-electron chi connectivity index (χ1n) is 6.59. The molecule has 0 radical (unpaired) electrons. The molecule has 3 heteroatoms. The highest BCUT2D eigenvalue weighted by Gasteiger charge is 2.05. The minimum Gasteiger partial charge on any atom is -0.323 e. The number of hydrogen-bond donors (Lipinski definition) is 1. The fraction of sp³-hybridized carbons (Fsp3) is 0.312. The van der Waals surface area contributed by atoms with E-state index in [0.717, 1.165) is 17.9 Å². The summed E-state index contributed by atoms with van der Waals surface area (Å²) in [6.45, 7) is 4.23. The summed E-state index contributed by atoms with van der Waals surface area (Å²) in [5.41, 5.74) is 9.65. The number of aromatic nitrogens is 1. The van der Waals surface area contributed by atoms with Crippen LogP contribution in [0.3, 0.4) is 0 Å². The molecule has 1 atom stereocenters. The predicted molar refractivity (Wildman–Crippen MR) is 82.2 cm³/mol. The number of benzene rings is 1. The summed E-state index contributed by atoms with van der Waals surface area (Å²) in [6, 6.07) is 12.7. The molecule has 0 saturated heterocycles. The lowest BCUT2D eigenvalue weighted by atomic mass is 10.1. The molecule has 0 fully saturated rings. The molecule has 1 heterocycles.